The molecule has 4 aliphatic rings. The van der Waals surface area contributed by atoms with Gasteiger partial charge in [-0.15, -0.1) is 0 Å². The number of allylic oxidation sites excluding steroid dienone is 1. The Morgan fingerprint density at radius 1 is 1.00 bits per heavy atom. The minimum absolute atomic E-state index is 0.00215. The second-order valence-electron chi connectivity index (χ2n) is 6.41. The maximum Gasteiger partial charge on any atom is 0.164 e. The summed E-state index contributed by atoms with van der Waals surface area (Å²) in [5.41, 5.74) is 2.38. The van der Waals surface area contributed by atoms with Gasteiger partial charge in [-0.3, -0.25) is 0 Å². The Morgan fingerprint density at radius 2 is 1.71 bits per heavy atom. The molecular weight excluding hydrogens is 264 g/mol. The zero-order chi connectivity index (χ0) is 14.6. The average Bonchev–Trinajstić information content (AvgIpc) is 2.84. The molecule has 5 rings (SSSR count). The van der Waals surface area contributed by atoms with Crippen LogP contribution >= 0.6 is 0 Å². The summed E-state index contributed by atoms with van der Waals surface area (Å²) in [5, 5.41) is 0. The molecule has 1 aliphatic carbocycles. The van der Waals surface area contributed by atoms with E-state index in [-0.39, 0.29) is 24.2 Å². The van der Waals surface area contributed by atoms with E-state index in [0.29, 0.717) is 0 Å². The fourth-order valence-electron chi connectivity index (χ4n) is 3.53. The van der Waals surface area contributed by atoms with E-state index in [1.807, 2.05) is 19.9 Å². The predicted octanol–water partition coefficient (Wildman–Crippen LogP) is 3.52. The Labute approximate surface area is 125 Å². The standard InChI is InChI=1S/C18H20O3/c1-11(12-7-5-4-6-8-12)15-13-9-10-14(19-15)17-16(13)20-18(2,3)21-17/h4-10,13-14,16-17H,1-3H3/b15-11-/t13-,14-,16-,17+/m0/s1. The molecule has 2 saturated heterocycles. The van der Waals surface area contributed by atoms with Gasteiger partial charge >= 0.3 is 0 Å². The Balaban J connectivity index is 1.73. The van der Waals surface area contributed by atoms with Crippen molar-refractivity contribution in [1.82, 2.24) is 0 Å². The van der Waals surface area contributed by atoms with Crippen LogP contribution in [-0.4, -0.2) is 24.1 Å². The van der Waals surface area contributed by atoms with Gasteiger partial charge in [0, 0.05) is 0 Å². The lowest BCUT2D eigenvalue weighted by molar-refractivity contribution is -0.149. The molecule has 2 bridgehead atoms. The second-order valence-corrected chi connectivity index (χ2v) is 6.41. The summed E-state index contributed by atoms with van der Waals surface area (Å²) in [6.07, 6.45) is 4.33. The quantitative estimate of drug-likeness (QED) is 0.738. The molecule has 3 heterocycles. The lowest BCUT2D eigenvalue weighted by atomic mass is 9.82. The first kappa shape index (κ1) is 13.1. The summed E-state index contributed by atoms with van der Waals surface area (Å²) in [7, 11) is 0. The molecule has 0 spiro atoms. The summed E-state index contributed by atoms with van der Waals surface area (Å²) in [5.74, 6) is 0.635. The zero-order valence-corrected chi connectivity index (χ0v) is 12.6. The van der Waals surface area contributed by atoms with E-state index in [1.54, 1.807) is 0 Å². The highest BCUT2D eigenvalue weighted by atomic mass is 16.8. The van der Waals surface area contributed by atoms with Crippen LogP contribution in [0.15, 0.2) is 48.2 Å². The van der Waals surface area contributed by atoms with Crippen molar-refractivity contribution in [1.29, 1.82) is 0 Å². The summed E-state index contributed by atoms with van der Waals surface area (Å²) in [6.45, 7) is 6.06. The number of fused-ring (bicyclic) bond motifs is 1. The van der Waals surface area contributed by atoms with Gasteiger partial charge in [0.25, 0.3) is 0 Å². The lowest BCUT2D eigenvalue weighted by Gasteiger charge is -2.41. The van der Waals surface area contributed by atoms with Crippen LogP contribution in [0.25, 0.3) is 5.57 Å². The Hall–Kier alpha value is -1.58. The van der Waals surface area contributed by atoms with E-state index < -0.39 is 5.79 Å². The van der Waals surface area contributed by atoms with Gasteiger partial charge in [-0.05, 0) is 38.0 Å². The molecule has 0 N–H and O–H groups in total. The molecule has 110 valence electrons. The van der Waals surface area contributed by atoms with E-state index in [2.05, 4.69) is 43.3 Å². The molecular formula is C18H20O3. The smallest absolute Gasteiger partial charge is 0.164 e. The van der Waals surface area contributed by atoms with Crippen LogP contribution in [0.2, 0.25) is 0 Å². The Bertz CT molecular complexity index is 615. The molecule has 3 aliphatic heterocycles. The molecule has 21 heavy (non-hydrogen) atoms. The number of rotatable bonds is 1. The number of hydrogen-bond acceptors (Lipinski definition) is 3. The molecule has 0 saturated carbocycles. The predicted molar refractivity (Wildman–Crippen MR) is 80.4 cm³/mol. The molecule has 0 aromatic heterocycles. The highest BCUT2D eigenvalue weighted by Gasteiger charge is 2.55. The van der Waals surface area contributed by atoms with Gasteiger partial charge in [0.2, 0.25) is 0 Å². The van der Waals surface area contributed by atoms with Gasteiger partial charge in [-0.2, -0.15) is 0 Å². The third kappa shape index (κ3) is 2.03. The minimum atomic E-state index is -0.530. The number of benzene rings is 1. The van der Waals surface area contributed by atoms with E-state index in [4.69, 9.17) is 14.2 Å². The van der Waals surface area contributed by atoms with Gasteiger partial charge in [0.05, 0.1) is 5.92 Å². The zero-order valence-electron chi connectivity index (χ0n) is 12.6. The molecule has 1 aromatic rings. The summed E-state index contributed by atoms with van der Waals surface area (Å²) >= 11 is 0. The number of hydrogen-bond donors (Lipinski definition) is 0. The van der Waals surface area contributed by atoms with Crippen LogP contribution in [0.3, 0.4) is 0 Å². The molecule has 3 nitrogen and oxygen atoms in total. The molecule has 4 atom stereocenters. The molecule has 1 aromatic carbocycles. The van der Waals surface area contributed by atoms with Crippen molar-refractivity contribution < 1.29 is 14.2 Å². The van der Waals surface area contributed by atoms with Gasteiger partial charge < -0.3 is 14.2 Å². The lowest BCUT2D eigenvalue weighted by Crippen LogP contribution is -2.49. The normalized spacial score (nSPS) is 38.0. The number of ether oxygens (including phenoxy) is 3. The van der Waals surface area contributed by atoms with Crippen LogP contribution in [0.1, 0.15) is 26.3 Å². The first-order valence-electron chi connectivity index (χ1n) is 7.52. The largest absolute Gasteiger partial charge is 0.487 e. The van der Waals surface area contributed by atoms with Gasteiger partial charge in [-0.1, -0.05) is 36.4 Å². The minimum Gasteiger partial charge on any atom is -0.487 e. The van der Waals surface area contributed by atoms with E-state index in [9.17, 15) is 0 Å². The van der Waals surface area contributed by atoms with E-state index in [1.165, 1.54) is 11.1 Å². The third-order valence-corrected chi connectivity index (χ3v) is 4.49. The molecule has 0 unspecified atom stereocenters. The SMILES string of the molecule is C/C(=C1/O[C@H]2C=C[C@@H]1[C@@H]1OC(C)(C)O[C@@H]12)c1ccccc1. The van der Waals surface area contributed by atoms with E-state index in [0.717, 1.165) is 5.76 Å². The van der Waals surface area contributed by atoms with Crippen molar-refractivity contribution in [2.45, 2.75) is 44.9 Å². The molecule has 0 amide bonds. The Morgan fingerprint density at radius 3 is 2.48 bits per heavy atom. The van der Waals surface area contributed by atoms with Crippen LogP contribution in [-0.2, 0) is 14.2 Å². The van der Waals surface area contributed by atoms with Crippen molar-refractivity contribution in [3.05, 3.63) is 53.8 Å². The highest BCUT2D eigenvalue weighted by molar-refractivity contribution is 5.67. The molecule has 3 heteroatoms. The van der Waals surface area contributed by atoms with Crippen molar-refractivity contribution >= 4 is 5.57 Å². The van der Waals surface area contributed by atoms with Crippen molar-refractivity contribution in [3.63, 3.8) is 0 Å². The molecule has 2 fully saturated rings. The highest BCUT2D eigenvalue weighted by Crippen LogP contribution is 2.47. The second kappa shape index (κ2) is 4.46. The fraction of sp³-hybridized carbons (Fsp3) is 0.444. The van der Waals surface area contributed by atoms with E-state index >= 15 is 0 Å². The molecule has 0 radical (unpaired) electrons. The first-order chi connectivity index (χ1) is 10.1. The summed E-state index contributed by atoms with van der Waals surface area (Å²) in [4.78, 5) is 0. The fourth-order valence-corrected chi connectivity index (χ4v) is 3.53. The van der Waals surface area contributed by atoms with Crippen molar-refractivity contribution in [2.24, 2.45) is 5.92 Å². The maximum atomic E-state index is 6.20. The maximum absolute atomic E-state index is 6.20. The summed E-state index contributed by atoms with van der Waals surface area (Å²) in [6, 6.07) is 10.4. The monoisotopic (exact) mass is 284 g/mol. The van der Waals surface area contributed by atoms with Crippen molar-refractivity contribution in [3.8, 4) is 0 Å². The van der Waals surface area contributed by atoms with Crippen molar-refractivity contribution in [2.75, 3.05) is 0 Å². The van der Waals surface area contributed by atoms with Crippen LogP contribution in [0.4, 0.5) is 0 Å². The van der Waals surface area contributed by atoms with Crippen LogP contribution in [0.5, 0.6) is 0 Å². The van der Waals surface area contributed by atoms with Crippen LogP contribution in [0, 0.1) is 5.92 Å². The van der Waals surface area contributed by atoms with Gasteiger partial charge in [-0.25, -0.2) is 0 Å². The summed E-state index contributed by atoms with van der Waals surface area (Å²) < 4.78 is 18.3. The van der Waals surface area contributed by atoms with Gasteiger partial charge in [0.15, 0.2) is 5.79 Å². The van der Waals surface area contributed by atoms with Gasteiger partial charge in [0.1, 0.15) is 24.1 Å². The Kier molecular flexibility index (Phi) is 2.78. The third-order valence-electron chi connectivity index (χ3n) is 4.49. The first-order valence-corrected chi connectivity index (χ1v) is 7.52. The topological polar surface area (TPSA) is 27.7 Å². The average molecular weight is 284 g/mol. The van der Waals surface area contributed by atoms with Crippen LogP contribution < -0.4 is 0 Å².